The van der Waals surface area contributed by atoms with Gasteiger partial charge in [0.25, 0.3) is 5.91 Å². The monoisotopic (exact) mass is 262 g/mol. The molecule has 4 heteroatoms. The third-order valence-electron chi connectivity index (χ3n) is 3.07. The van der Waals surface area contributed by atoms with Crippen molar-refractivity contribution in [1.82, 2.24) is 4.90 Å². The molecule has 18 heavy (non-hydrogen) atoms. The van der Waals surface area contributed by atoms with Gasteiger partial charge >= 0.3 is 0 Å². The zero-order valence-electron chi connectivity index (χ0n) is 10.1. The first kappa shape index (κ1) is 12.9. The van der Waals surface area contributed by atoms with Crippen molar-refractivity contribution in [2.24, 2.45) is 0 Å². The Morgan fingerprint density at radius 3 is 2.56 bits per heavy atom. The van der Waals surface area contributed by atoms with Crippen molar-refractivity contribution in [3.63, 3.8) is 0 Å². The molecule has 1 aromatic carbocycles. The van der Waals surface area contributed by atoms with E-state index in [0.717, 1.165) is 18.4 Å². The fraction of sp³-hybridized carbons (Fsp3) is 0.429. The third-order valence-corrected chi connectivity index (χ3v) is 3.38. The van der Waals surface area contributed by atoms with E-state index in [0.29, 0.717) is 30.5 Å². The molecule has 1 amide bonds. The Balaban J connectivity index is 2.09. The van der Waals surface area contributed by atoms with E-state index >= 15 is 0 Å². The lowest BCUT2D eigenvalue weighted by Gasteiger charge is -2.21. The summed E-state index contributed by atoms with van der Waals surface area (Å²) in [4.78, 5) is 14.1. The van der Waals surface area contributed by atoms with Gasteiger partial charge in [0.2, 0.25) is 0 Å². The first-order chi connectivity index (χ1) is 8.76. The summed E-state index contributed by atoms with van der Waals surface area (Å²) in [5.41, 5.74) is 1.68. The van der Waals surface area contributed by atoms with Crippen molar-refractivity contribution in [3.05, 3.63) is 35.4 Å². The minimum absolute atomic E-state index is 0.0221. The van der Waals surface area contributed by atoms with Crippen LogP contribution in [-0.2, 0) is 5.88 Å². The summed E-state index contributed by atoms with van der Waals surface area (Å²) in [6, 6.07) is 9.78. The molecule has 1 aliphatic carbocycles. The maximum Gasteiger partial charge on any atom is 0.254 e. The molecule has 1 aliphatic rings. The van der Waals surface area contributed by atoms with Crippen LogP contribution in [0, 0.1) is 11.3 Å². The molecule has 94 valence electrons. The average Bonchev–Trinajstić information content (AvgIpc) is 3.24. The summed E-state index contributed by atoms with van der Waals surface area (Å²) in [6.45, 7) is 0.525. The second-order valence-corrected chi connectivity index (χ2v) is 4.74. The maximum absolute atomic E-state index is 12.3. The lowest BCUT2D eigenvalue weighted by atomic mass is 10.1. The Morgan fingerprint density at radius 2 is 2.06 bits per heavy atom. The number of rotatable bonds is 5. The fourth-order valence-electron chi connectivity index (χ4n) is 1.91. The van der Waals surface area contributed by atoms with Crippen LogP contribution in [0.3, 0.4) is 0 Å². The minimum Gasteiger partial charge on any atom is -0.335 e. The zero-order valence-corrected chi connectivity index (χ0v) is 10.9. The normalized spacial score (nSPS) is 14.0. The molecule has 1 aromatic rings. The molecule has 0 aromatic heterocycles. The molecule has 0 N–H and O–H groups in total. The molecule has 0 saturated heterocycles. The minimum atomic E-state index is 0.0221. The number of nitrogens with zero attached hydrogens (tertiary/aromatic N) is 2. The van der Waals surface area contributed by atoms with E-state index in [1.165, 1.54) is 0 Å². The van der Waals surface area contributed by atoms with Gasteiger partial charge in [0.1, 0.15) is 0 Å². The molecule has 0 spiro atoms. The number of carbonyl (C=O) groups excluding carboxylic acids is 1. The molecular formula is C14H15ClN2O. The van der Waals surface area contributed by atoms with E-state index in [4.69, 9.17) is 16.9 Å². The van der Waals surface area contributed by atoms with Gasteiger partial charge in [-0.3, -0.25) is 4.79 Å². The summed E-state index contributed by atoms with van der Waals surface area (Å²) in [5.74, 6) is 0.476. The lowest BCUT2D eigenvalue weighted by Crippen LogP contribution is -2.33. The molecule has 1 fully saturated rings. The van der Waals surface area contributed by atoms with Gasteiger partial charge in [0.15, 0.2) is 0 Å². The second kappa shape index (κ2) is 5.88. The Hall–Kier alpha value is -1.53. The quantitative estimate of drug-likeness (QED) is 0.766. The highest BCUT2D eigenvalue weighted by molar-refractivity contribution is 6.17. The smallest absolute Gasteiger partial charge is 0.254 e. The summed E-state index contributed by atoms with van der Waals surface area (Å²) in [5, 5.41) is 8.64. The number of alkyl halides is 1. The van der Waals surface area contributed by atoms with Crippen LogP contribution in [-0.4, -0.2) is 23.4 Å². The highest BCUT2D eigenvalue weighted by atomic mass is 35.5. The van der Waals surface area contributed by atoms with Gasteiger partial charge in [-0.2, -0.15) is 5.26 Å². The van der Waals surface area contributed by atoms with E-state index in [2.05, 4.69) is 6.07 Å². The van der Waals surface area contributed by atoms with Crippen LogP contribution in [0.1, 0.15) is 35.2 Å². The van der Waals surface area contributed by atoms with Crippen LogP contribution in [0.4, 0.5) is 0 Å². The Kier molecular flexibility index (Phi) is 4.22. The van der Waals surface area contributed by atoms with Gasteiger partial charge in [0, 0.05) is 24.0 Å². The standard InChI is InChI=1S/C14H15ClN2O/c15-10-11-2-4-12(5-3-11)14(18)17(9-1-8-16)13-6-7-13/h2-5,13H,1,6-7,9-10H2. The van der Waals surface area contributed by atoms with Gasteiger partial charge < -0.3 is 4.90 Å². The molecule has 0 bridgehead atoms. The highest BCUT2D eigenvalue weighted by Crippen LogP contribution is 2.28. The summed E-state index contributed by atoms with van der Waals surface area (Å²) in [6.07, 6.45) is 2.50. The van der Waals surface area contributed by atoms with Crippen molar-refractivity contribution in [3.8, 4) is 6.07 Å². The predicted molar refractivity (Wildman–Crippen MR) is 70.3 cm³/mol. The molecule has 0 aliphatic heterocycles. The van der Waals surface area contributed by atoms with Crippen LogP contribution in [0.2, 0.25) is 0 Å². The zero-order chi connectivity index (χ0) is 13.0. The number of amides is 1. The van der Waals surface area contributed by atoms with E-state index < -0.39 is 0 Å². The molecular weight excluding hydrogens is 248 g/mol. The summed E-state index contributed by atoms with van der Waals surface area (Å²) >= 11 is 5.72. The molecule has 2 rings (SSSR count). The van der Waals surface area contributed by atoms with Crippen LogP contribution < -0.4 is 0 Å². The van der Waals surface area contributed by atoms with Gasteiger partial charge in [-0.25, -0.2) is 0 Å². The second-order valence-electron chi connectivity index (χ2n) is 4.47. The van der Waals surface area contributed by atoms with E-state index in [9.17, 15) is 4.79 Å². The number of hydrogen-bond donors (Lipinski definition) is 0. The number of nitriles is 1. The van der Waals surface area contributed by atoms with Gasteiger partial charge in [0.05, 0.1) is 12.5 Å². The third kappa shape index (κ3) is 3.02. The fourth-order valence-corrected chi connectivity index (χ4v) is 2.09. The van der Waals surface area contributed by atoms with Crippen molar-refractivity contribution >= 4 is 17.5 Å². The van der Waals surface area contributed by atoms with Gasteiger partial charge in [-0.05, 0) is 30.5 Å². The SMILES string of the molecule is N#CCCN(C(=O)c1ccc(CCl)cc1)C1CC1. The Bertz CT molecular complexity index is 460. The first-order valence-corrected chi connectivity index (χ1v) is 6.62. The molecule has 3 nitrogen and oxygen atoms in total. The summed E-state index contributed by atoms with van der Waals surface area (Å²) in [7, 11) is 0. The van der Waals surface area contributed by atoms with Crippen molar-refractivity contribution in [2.75, 3.05) is 6.54 Å². The predicted octanol–water partition coefficient (Wildman–Crippen LogP) is 2.94. The van der Waals surface area contributed by atoms with Gasteiger partial charge in [-0.15, -0.1) is 11.6 Å². The summed E-state index contributed by atoms with van der Waals surface area (Å²) < 4.78 is 0. The Morgan fingerprint density at radius 1 is 1.39 bits per heavy atom. The number of halogens is 1. The van der Waals surface area contributed by atoms with E-state index in [1.807, 2.05) is 29.2 Å². The number of carbonyl (C=O) groups is 1. The van der Waals surface area contributed by atoms with Gasteiger partial charge in [-0.1, -0.05) is 12.1 Å². The molecule has 1 saturated carbocycles. The topological polar surface area (TPSA) is 44.1 Å². The molecule has 0 unspecified atom stereocenters. The Labute approximate surface area is 112 Å². The largest absolute Gasteiger partial charge is 0.335 e. The average molecular weight is 263 g/mol. The van der Waals surface area contributed by atoms with E-state index in [1.54, 1.807) is 0 Å². The molecule has 0 heterocycles. The van der Waals surface area contributed by atoms with E-state index in [-0.39, 0.29) is 5.91 Å². The van der Waals surface area contributed by atoms with Crippen LogP contribution in [0.15, 0.2) is 24.3 Å². The number of hydrogen-bond acceptors (Lipinski definition) is 2. The first-order valence-electron chi connectivity index (χ1n) is 6.09. The van der Waals surface area contributed by atoms with Crippen LogP contribution in [0.25, 0.3) is 0 Å². The van der Waals surface area contributed by atoms with Crippen molar-refractivity contribution in [1.29, 1.82) is 5.26 Å². The molecule has 0 atom stereocenters. The number of benzene rings is 1. The van der Waals surface area contributed by atoms with Crippen LogP contribution >= 0.6 is 11.6 Å². The maximum atomic E-state index is 12.3. The molecule has 0 radical (unpaired) electrons. The lowest BCUT2D eigenvalue weighted by molar-refractivity contribution is 0.0747. The van der Waals surface area contributed by atoms with Crippen LogP contribution in [0.5, 0.6) is 0 Å². The van der Waals surface area contributed by atoms with Crippen molar-refractivity contribution < 1.29 is 4.79 Å². The van der Waals surface area contributed by atoms with Crippen molar-refractivity contribution in [2.45, 2.75) is 31.2 Å². The highest BCUT2D eigenvalue weighted by Gasteiger charge is 2.32.